The molecular formula is C13H15N3OS2. The van der Waals surface area contributed by atoms with Crippen molar-refractivity contribution < 1.29 is 4.79 Å². The van der Waals surface area contributed by atoms with Crippen molar-refractivity contribution in [3.8, 4) is 0 Å². The molecule has 6 heteroatoms. The summed E-state index contributed by atoms with van der Waals surface area (Å²) < 4.78 is 0. The number of carbonyl (C=O) groups is 1. The van der Waals surface area contributed by atoms with E-state index >= 15 is 0 Å². The van der Waals surface area contributed by atoms with Gasteiger partial charge in [0.2, 0.25) is 5.91 Å². The van der Waals surface area contributed by atoms with Gasteiger partial charge in [0.1, 0.15) is 0 Å². The van der Waals surface area contributed by atoms with E-state index in [2.05, 4.69) is 15.3 Å². The second kappa shape index (κ2) is 5.38. The molecule has 2 aromatic heterocycles. The normalized spacial score (nSPS) is 14.2. The van der Waals surface area contributed by atoms with Crippen molar-refractivity contribution in [3.05, 3.63) is 26.7 Å². The molecule has 0 saturated carbocycles. The Morgan fingerprint density at radius 3 is 2.95 bits per heavy atom. The largest absolute Gasteiger partial charge is 0.302 e. The van der Waals surface area contributed by atoms with Crippen LogP contribution >= 0.6 is 22.7 Å². The molecular weight excluding hydrogens is 278 g/mol. The first-order chi connectivity index (χ1) is 9.20. The molecule has 3 rings (SSSR count). The minimum absolute atomic E-state index is 0.0311. The van der Waals surface area contributed by atoms with Crippen LogP contribution in [-0.2, 0) is 24.1 Å². The lowest BCUT2D eigenvalue weighted by molar-refractivity contribution is -0.115. The van der Waals surface area contributed by atoms with E-state index in [9.17, 15) is 4.79 Å². The molecule has 0 aromatic carbocycles. The Balaban J connectivity index is 1.64. The van der Waals surface area contributed by atoms with Gasteiger partial charge in [0.05, 0.1) is 22.8 Å². The van der Waals surface area contributed by atoms with E-state index in [0.717, 1.165) is 28.7 Å². The Bertz CT molecular complexity index is 579. The van der Waals surface area contributed by atoms with Gasteiger partial charge in [-0.3, -0.25) is 4.79 Å². The van der Waals surface area contributed by atoms with Crippen molar-refractivity contribution in [1.82, 2.24) is 9.97 Å². The number of fused-ring (bicyclic) bond motifs is 1. The highest BCUT2D eigenvalue weighted by molar-refractivity contribution is 7.15. The van der Waals surface area contributed by atoms with Gasteiger partial charge in [-0.25, -0.2) is 9.97 Å². The summed E-state index contributed by atoms with van der Waals surface area (Å²) >= 11 is 3.19. The average molecular weight is 293 g/mol. The highest BCUT2D eigenvalue weighted by Crippen LogP contribution is 2.29. The fraction of sp³-hybridized carbons (Fsp3) is 0.462. The molecule has 1 amide bonds. The van der Waals surface area contributed by atoms with Crippen LogP contribution in [0.5, 0.6) is 0 Å². The fourth-order valence-electron chi connectivity index (χ4n) is 2.22. The van der Waals surface area contributed by atoms with Gasteiger partial charge < -0.3 is 5.32 Å². The molecule has 1 N–H and O–H groups in total. The number of amides is 1. The number of hydrogen-bond acceptors (Lipinski definition) is 5. The molecule has 0 radical (unpaired) electrons. The molecule has 0 atom stereocenters. The van der Waals surface area contributed by atoms with Gasteiger partial charge in [-0.05, 0) is 32.6 Å². The van der Waals surface area contributed by atoms with Crippen LogP contribution in [-0.4, -0.2) is 15.9 Å². The summed E-state index contributed by atoms with van der Waals surface area (Å²) in [5.74, 6) is -0.0311. The SMILES string of the molecule is Cc1nc(CC(=O)Nc2nc3c(s2)CCCC3)cs1. The number of rotatable bonds is 3. The highest BCUT2D eigenvalue weighted by atomic mass is 32.1. The van der Waals surface area contributed by atoms with Crippen molar-refractivity contribution in [1.29, 1.82) is 0 Å². The van der Waals surface area contributed by atoms with Crippen LogP contribution in [0.1, 0.15) is 34.1 Å². The monoisotopic (exact) mass is 293 g/mol. The Morgan fingerprint density at radius 2 is 2.21 bits per heavy atom. The first-order valence-electron chi connectivity index (χ1n) is 6.40. The Kier molecular flexibility index (Phi) is 3.61. The Hall–Kier alpha value is -1.27. The number of thiazole rings is 2. The molecule has 4 nitrogen and oxygen atoms in total. The van der Waals surface area contributed by atoms with Gasteiger partial charge in [0, 0.05) is 10.3 Å². The van der Waals surface area contributed by atoms with E-state index in [4.69, 9.17) is 0 Å². The molecule has 0 spiro atoms. The molecule has 19 heavy (non-hydrogen) atoms. The number of anilines is 1. The molecule has 0 unspecified atom stereocenters. The van der Waals surface area contributed by atoms with Crippen LogP contribution in [0.15, 0.2) is 5.38 Å². The minimum Gasteiger partial charge on any atom is -0.302 e. The molecule has 0 fully saturated rings. The molecule has 0 saturated heterocycles. The van der Waals surface area contributed by atoms with Crippen molar-refractivity contribution in [3.63, 3.8) is 0 Å². The maximum Gasteiger partial charge on any atom is 0.232 e. The summed E-state index contributed by atoms with van der Waals surface area (Å²) in [6, 6.07) is 0. The van der Waals surface area contributed by atoms with E-state index in [0.29, 0.717) is 6.42 Å². The number of nitrogens with zero attached hydrogens (tertiary/aromatic N) is 2. The lowest BCUT2D eigenvalue weighted by atomic mass is 10.0. The van der Waals surface area contributed by atoms with Gasteiger partial charge >= 0.3 is 0 Å². The summed E-state index contributed by atoms with van der Waals surface area (Å²) in [5.41, 5.74) is 2.01. The van der Waals surface area contributed by atoms with Crippen LogP contribution in [0.2, 0.25) is 0 Å². The third kappa shape index (κ3) is 3.01. The smallest absolute Gasteiger partial charge is 0.232 e. The Labute approximate surface area is 119 Å². The second-order valence-corrected chi connectivity index (χ2v) is 6.82. The predicted octanol–water partition coefficient (Wildman–Crippen LogP) is 2.97. The van der Waals surface area contributed by atoms with Crippen LogP contribution in [0.3, 0.4) is 0 Å². The minimum atomic E-state index is -0.0311. The third-order valence-electron chi connectivity index (χ3n) is 3.10. The number of aryl methyl sites for hydroxylation is 3. The quantitative estimate of drug-likeness (QED) is 0.946. The summed E-state index contributed by atoms with van der Waals surface area (Å²) in [4.78, 5) is 22.1. The predicted molar refractivity (Wildman–Crippen MR) is 77.9 cm³/mol. The first-order valence-corrected chi connectivity index (χ1v) is 8.10. The van der Waals surface area contributed by atoms with Crippen LogP contribution < -0.4 is 5.32 Å². The second-order valence-electron chi connectivity index (χ2n) is 4.68. The van der Waals surface area contributed by atoms with Crippen LogP contribution in [0.4, 0.5) is 5.13 Å². The number of nitrogens with one attached hydrogen (secondary N) is 1. The van der Waals surface area contributed by atoms with Gasteiger partial charge in [-0.1, -0.05) is 0 Å². The van der Waals surface area contributed by atoms with Gasteiger partial charge in [-0.15, -0.1) is 22.7 Å². The van der Waals surface area contributed by atoms with Crippen molar-refractivity contribution >= 4 is 33.7 Å². The molecule has 100 valence electrons. The topological polar surface area (TPSA) is 54.9 Å². The summed E-state index contributed by atoms with van der Waals surface area (Å²) in [7, 11) is 0. The number of hydrogen-bond donors (Lipinski definition) is 1. The maximum atomic E-state index is 11.9. The van der Waals surface area contributed by atoms with E-state index in [-0.39, 0.29) is 5.91 Å². The molecule has 1 aliphatic carbocycles. The summed E-state index contributed by atoms with van der Waals surface area (Å²) in [5, 5.41) is 6.56. The van der Waals surface area contributed by atoms with E-state index in [1.165, 1.54) is 23.4 Å². The van der Waals surface area contributed by atoms with Gasteiger partial charge in [0.25, 0.3) is 0 Å². The zero-order valence-electron chi connectivity index (χ0n) is 10.7. The van der Waals surface area contributed by atoms with E-state index in [1.807, 2.05) is 12.3 Å². The van der Waals surface area contributed by atoms with Crippen molar-refractivity contribution in [2.75, 3.05) is 5.32 Å². The van der Waals surface area contributed by atoms with Crippen LogP contribution in [0, 0.1) is 6.92 Å². The summed E-state index contributed by atoms with van der Waals surface area (Å²) in [6.07, 6.45) is 4.93. The van der Waals surface area contributed by atoms with Gasteiger partial charge in [0.15, 0.2) is 5.13 Å². The zero-order chi connectivity index (χ0) is 13.2. The van der Waals surface area contributed by atoms with E-state index in [1.54, 1.807) is 22.7 Å². The molecule has 2 aromatic rings. The lowest BCUT2D eigenvalue weighted by Crippen LogP contribution is -2.14. The zero-order valence-corrected chi connectivity index (χ0v) is 12.4. The first kappa shape index (κ1) is 12.7. The molecule has 1 aliphatic rings. The van der Waals surface area contributed by atoms with Crippen molar-refractivity contribution in [2.24, 2.45) is 0 Å². The Morgan fingerprint density at radius 1 is 1.37 bits per heavy atom. The van der Waals surface area contributed by atoms with Crippen LogP contribution in [0.25, 0.3) is 0 Å². The molecule has 0 bridgehead atoms. The average Bonchev–Trinajstić information content (AvgIpc) is 2.94. The van der Waals surface area contributed by atoms with Crippen molar-refractivity contribution in [2.45, 2.75) is 39.0 Å². The summed E-state index contributed by atoms with van der Waals surface area (Å²) in [6.45, 7) is 1.95. The highest BCUT2D eigenvalue weighted by Gasteiger charge is 2.16. The van der Waals surface area contributed by atoms with E-state index < -0.39 is 0 Å². The molecule has 2 heterocycles. The fourth-order valence-corrected chi connectivity index (χ4v) is 3.90. The molecule has 0 aliphatic heterocycles. The number of aromatic nitrogens is 2. The van der Waals surface area contributed by atoms with Gasteiger partial charge in [-0.2, -0.15) is 0 Å². The standard InChI is InChI=1S/C13H15N3OS2/c1-8-14-9(7-18-8)6-12(17)16-13-15-10-4-2-3-5-11(10)19-13/h7H,2-6H2,1H3,(H,15,16,17). The third-order valence-corrected chi connectivity index (χ3v) is 5.00. The number of carbonyl (C=O) groups excluding carboxylic acids is 1. The maximum absolute atomic E-state index is 11.9. The lowest BCUT2D eigenvalue weighted by Gasteiger charge is -2.06.